The number of ether oxygens (including phenoxy) is 1. The molecule has 0 bridgehead atoms. The Bertz CT molecular complexity index is 681. The Labute approximate surface area is 137 Å². The van der Waals surface area contributed by atoms with Crippen molar-refractivity contribution in [3.8, 4) is 5.75 Å². The van der Waals surface area contributed by atoms with Gasteiger partial charge >= 0.3 is 0 Å². The molecule has 0 aliphatic carbocycles. The SMILES string of the molecule is COc1ccc(C(O)C(c2ccccc2)c2ccccc2)cc1. The number of methoxy groups -OCH3 is 1. The average molecular weight is 304 g/mol. The lowest BCUT2D eigenvalue weighted by Crippen LogP contribution is -2.12. The van der Waals surface area contributed by atoms with Gasteiger partial charge in [0, 0.05) is 5.92 Å². The van der Waals surface area contributed by atoms with E-state index in [9.17, 15) is 5.11 Å². The highest BCUT2D eigenvalue weighted by atomic mass is 16.5. The third kappa shape index (κ3) is 3.43. The Balaban J connectivity index is 2.00. The summed E-state index contributed by atoms with van der Waals surface area (Å²) in [5.41, 5.74) is 3.08. The highest BCUT2D eigenvalue weighted by molar-refractivity contribution is 5.38. The molecular formula is C21H20O2. The van der Waals surface area contributed by atoms with Crippen molar-refractivity contribution in [2.45, 2.75) is 12.0 Å². The second kappa shape index (κ2) is 7.12. The molecule has 0 fully saturated rings. The van der Waals surface area contributed by atoms with Crippen molar-refractivity contribution < 1.29 is 9.84 Å². The van der Waals surface area contributed by atoms with Gasteiger partial charge in [-0.25, -0.2) is 0 Å². The van der Waals surface area contributed by atoms with Gasteiger partial charge in [-0.3, -0.25) is 0 Å². The molecule has 0 aromatic heterocycles. The third-order valence-electron chi connectivity index (χ3n) is 4.09. The molecule has 0 aliphatic heterocycles. The van der Waals surface area contributed by atoms with Crippen molar-refractivity contribution in [2.24, 2.45) is 0 Å². The van der Waals surface area contributed by atoms with Crippen molar-refractivity contribution in [2.75, 3.05) is 7.11 Å². The summed E-state index contributed by atoms with van der Waals surface area (Å²) < 4.78 is 5.20. The van der Waals surface area contributed by atoms with Crippen LogP contribution in [0, 0.1) is 0 Å². The molecular weight excluding hydrogens is 284 g/mol. The van der Waals surface area contributed by atoms with Gasteiger partial charge in [-0.15, -0.1) is 0 Å². The van der Waals surface area contributed by atoms with Gasteiger partial charge in [0.25, 0.3) is 0 Å². The standard InChI is InChI=1S/C21H20O2/c1-23-19-14-12-18(13-15-19)21(22)20(16-8-4-2-5-9-16)17-10-6-3-7-11-17/h2-15,20-22H,1H3. The van der Waals surface area contributed by atoms with Crippen LogP contribution in [0.25, 0.3) is 0 Å². The summed E-state index contributed by atoms with van der Waals surface area (Å²) in [6, 6.07) is 27.8. The molecule has 2 heteroatoms. The zero-order valence-electron chi connectivity index (χ0n) is 13.1. The smallest absolute Gasteiger partial charge is 0.118 e. The molecule has 0 spiro atoms. The van der Waals surface area contributed by atoms with Crippen LogP contribution in [0.15, 0.2) is 84.9 Å². The molecule has 3 aromatic rings. The van der Waals surface area contributed by atoms with Gasteiger partial charge in [0.2, 0.25) is 0 Å². The first-order valence-corrected chi connectivity index (χ1v) is 7.71. The fourth-order valence-corrected chi connectivity index (χ4v) is 2.87. The van der Waals surface area contributed by atoms with Crippen molar-refractivity contribution >= 4 is 0 Å². The van der Waals surface area contributed by atoms with Crippen LogP contribution in [0.1, 0.15) is 28.7 Å². The van der Waals surface area contributed by atoms with Crippen molar-refractivity contribution in [3.05, 3.63) is 102 Å². The van der Waals surface area contributed by atoms with Crippen LogP contribution in [-0.4, -0.2) is 12.2 Å². The van der Waals surface area contributed by atoms with Crippen LogP contribution >= 0.6 is 0 Å². The van der Waals surface area contributed by atoms with Gasteiger partial charge < -0.3 is 9.84 Å². The van der Waals surface area contributed by atoms with Crippen LogP contribution in [0.3, 0.4) is 0 Å². The second-order valence-corrected chi connectivity index (χ2v) is 5.52. The summed E-state index contributed by atoms with van der Waals surface area (Å²) in [6.07, 6.45) is -0.620. The highest BCUT2D eigenvalue weighted by Crippen LogP contribution is 2.37. The second-order valence-electron chi connectivity index (χ2n) is 5.52. The number of aliphatic hydroxyl groups excluding tert-OH is 1. The summed E-state index contributed by atoms with van der Waals surface area (Å²) in [6.45, 7) is 0. The lowest BCUT2D eigenvalue weighted by molar-refractivity contribution is 0.159. The third-order valence-corrected chi connectivity index (χ3v) is 4.09. The van der Waals surface area contributed by atoms with Crippen molar-refractivity contribution in [1.29, 1.82) is 0 Å². The number of hydrogen-bond donors (Lipinski definition) is 1. The molecule has 23 heavy (non-hydrogen) atoms. The van der Waals surface area contributed by atoms with E-state index >= 15 is 0 Å². The molecule has 0 radical (unpaired) electrons. The molecule has 1 atom stereocenters. The first kappa shape index (κ1) is 15.3. The van der Waals surface area contributed by atoms with Crippen LogP contribution in [-0.2, 0) is 0 Å². The highest BCUT2D eigenvalue weighted by Gasteiger charge is 2.24. The Kier molecular flexibility index (Phi) is 4.74. The summed E-state index contributed by atoms with van der Waals surface area (Å²) in [7, 11) is 1.64. The topological polar surface area (TPSA) is 29.5 Å². The Hall–Kier alpha value is -2.58. The van der Waals surface area contributed by atoms with Crippen LogP contribution < -0.4 is 4.74 Å². The Morgan fingerprint density at radius 3 is 1.57 bits per heavy atom. The minimum absolute atomic E-state index is 0.106. The Morgan fingerprint density at radius 2 is 1.13 bits per heavy atom. The molecule has 1 N–H and O–H groups in total. The first-order valence-electron chi connectivity index (χ1n) is 7.71. The molecule has 0 saturated carbocycles. The van der Waals surface area contributed by atoms with E-state index in [1.54, 1.807) is 7.11 Å². The van der Waals surface area contributed by atoms with Crippen LogP contribution in [0.4, 0.5) is 0 Å². The number of benzene rings is 3. The number of aliphatic hydroxyl groups is 1. The molecule has 1 unspecified atom stereocenters. The largest absolute Gasteiger partial charge is 0.497 e. The maximum atomic E-state index is 11.0. The van der Waals surface area contributed by atoms with Crippen molar-refractivity contribution in [1.82, 2.24) is 0 Å². The molecule has 0 heterocycles. The molecule has 2 nitrogen and oxygen atoms in total. The molecule has 3 aromatic carbocycles. The molecule has 3 rings (SSSR count). The number of rotatable bonds is 5. The lowest BCUT2D eigenvalue weighted by Gasteiger charge is -2.24. The Morgan fingerprint density at radius 1 is 0.652 bits per heavy atom. The van der Waals surface area contributed by atoms with E-state index in [2.05, 4.69) is 24.3 Å². The quantitative estimate of drug-likeness (QED) is 0.748. The van der Waals surface area contributed by atoms with Gasteiger partial charge in [-0.05, 0) is 28.8 Å². The maximum Gasteiger partial charge on any atom is 0.118 e. The van der Waals surface area contributed by atoms with E-state index in [0.29, 0.717) is 0 Å². The molecule has 0 aliphatic rings. The zero-order chi connectivity index (χ0) is 16.1. The van der Waals surface area contributed by atoms with Crippen LogP contribution in [0.5, 0.6) is 5.75 Å². The first-order chi connectivity index (χ1) is 11.3. The molecule has 0 amide bonds. The fourth-order valence-electron chi connectivity index (χ4n) is 2.87. The van der Waals surface area contributed by atoms with E-state index in [0.717, 1.165) is 22.4 Å². The van der Waals surface area contributed by atoms with Crippen LogP contribution in [0.2, 0.25) is 0 Å². The van der Waals surface area contributed by atoms with Gasteiger partial charge in [0.15, 0.2) is 0 Å². The van der Waals surface area contributed by atoms with E-state index in [1.807, 2.05) is 60.7 Å². The monoisotopic (exact) mass is 304 g/mol. The van der Waals surface area contributed by atoms with E-state index in [4.69, 9.17) is 4.74 Å². The minimum Gasteiger partial charge on any atom is -0.497 e. The summed E-state index contributed by atoms with van der Waals surface area (Å²) >= 11 is 0. The number of hydrogen-bond acceptors (Lipinski definition) is 2. The summed E-state index contributed by atoms with van der Waals surface area (Å²) in [4.78, 5) is 0. The normalized spacial score (nSPS) is 12.1. The predicted octanol–water partition coefficient (Wildman–Crippen LogP) is 4.56. The van der Waals surface area contributed by atoms with Gasteiger partial charge in [0.1, 0.15) is 5.75 Å². The zero-order valence-corrected chi connectivity index (χ0v) is 13.1. The average Bonchev–Trinajstić information content (AvgIpc) is 2.64. The van der Waals surface area contributed by atoms with E-state index in [1.165, 1.54) is 0 Å². The minimum atomic E-state index is -0.620. The van der Waals surface area contributed by atoms with E-state index in [-0.39, 0.29) is 5.92 Å². The van der Waals surface area contributed by atoms with Gasteiger partial charge in [-0.1, -0.05) is 72.8 Å². The van der Waals surface area contributed by atoms with Crippen molar-refractivity contribution in [3.63, 3.8) is 0 Å². The molecule has 116 valence electrons. The van der Waals surface area contributed by atoms with E-state index < -0.39 is 6.10 Å². The summed E-state index contributed by atoms with van der Waals surface area (Å²) in [5.74, 6) is 0.683. The lowest BCUT2D eigenvalue weighted by atomic mass is 9.83. The fraction of sp³-hybridized carbons (Fsp3) is 0.143. The molecule has 0 saturated heterocycles. The van der Waals surface area contributed by atoms with Gasteiger partial charge in [-0.2, -0.15) is 0 Å². The summed E-state index contributed by atoms with van der Waals surface area (Å²) in [5, 5.41) is 11.0. The van der Waals surface area contributed by atoms with Gasteiger partial charge in [0.05, 0.1) is 13.2 Å². The maximum absolute atomic E-state index is 11.0. The predicted molar refractivity (Wildman–Crippen MR) is 92.7 cm³/mol.